The van der Waals surface area contributed by atoms with Crippen molar-refractivity contribution in [2.24, 2.45) is 5.92 Å². The van der Waals surface area contributed by atoms with Gasteiger partial charge < -0.3 is 14.8 Å². The fraction of sp³-hybridized carbons (Fsp3) is 0.533. The first kappa shape index (κ1) is 12.3. The van der Waals surface area contributed by atoms with E-state index in [4.69, 9.17) is 9.47 Å². The summed E-state index contributed by atoms with van der Waals surface area (Å²) in [6.07, 6.45) is 4.02. The van der Waals surface area contributed by atoms with E-state index >= 15 is 0 Å². The zero-order chi connectivity index (χ0) is 13.4. The molecular formula is C15H19NO3. The maximum absolute atomic E-state index is 11.9. The summed E-state index contributed by atoms with van der Waals surface area (Å²) in [5.41, 5.74) is 2.42. The van der Waals surface area contributed by atoms with Crippen LogP contribution in [0.15, 0.2) is 12.1 Å². The first-order valence-electron chi connectivity index (χ1n) is 6.78. The third kappa shape index (κ3) is 2.27. The molecule has 1 aromatic carbocycles. The van der Waals surface area contributed by atoms with Gasteiger partial charge in [-0.3, -0.25) is 4.79 Å². The van der Waals surface area contributed by atoms with Crippen molar-refractivity contribution in [3.8, 4) is 11.5 Å². The summed E-state index contributed by atoms with van der Waals surface area (Å²) in [7, 11) is 3.28. The number of benzene rings is 1. The maximum Gasteiger partial charge on any atom is 0.223 e. The molecule has 4 heteroatoms. The molecule has 2 aliphatic rings. The number of nitrogens with one attached hydrogen (secondary N) is 1. The molecule has 1 unspecified atom stereocenters. The summed E-state index contributed by atoms with van der Waals surface area (Å²) in [4.78, 5) is 11.9. The molecule has 19 heavy (non-hydrogen) atoms. The molecule has 1 atom stereocenters. The molecule has 1 amide bonds. The topological polar surface area (TPSA) is 47.6 Å². The van der Waals surface area contributed by atoms with Gasteiger partial charge in [-0.05, 0) is 48.9 Å². The van der Waals surface area contributed by atoms with Gasteiger partial charge in [0.15, 0.2) is 11.5 Å². The molecule has 102 valence electrons. The minimum absolute atomic E-state index is 0.128. The highest BCUT2D eigenvalue weighted by Gasteiger charge is 2.33. The van der Waals surface area contributed by atoms with Crippen LogP contribution in [-0.2, 0) is 11.2 Å². The van der Waals surface area contributed by atoms with Crippen molar-refractivity contribution in [1.82, 2.24) is 5.32 Å². The van der Waals surface area contributed by atoms with Gasteiger partial charge in [0.05, 0.1) is 20.3 Å². The third-order valence-corrected chi connectivity index (χ3v) is 3.99. The van der Waals surface area contributed by atoms with Crippen LogP contribution < -0.4 is 14.8 Å². The minimum atomic E-state index is 0.128. The Morgan fingerprint density at radius 3 is 2.47 bits per heavy atom. The number of amides is 1. The average Bonchev–Trinajstić information content (AvgIpc) is 3.21. The van der Waals surface area contributed by atoms with Crippen LogP contribution >= 0.6 is 0 Å². The molecule has 1 N–H and O–H groups in total. The zero-order valence-corrected chi connectivity index (χ0v) is 11.4. The van der Waals surface area contributed by atoms with Crippen LogP contribution in [0.2, 0.25) is 0 Å². The average molecular weight is 261 g/mol. The van der Waals surface area contributed by atoms with Gasteiger partial charge in [0.2, 0.25) is 5.91 Å². The van der Waals surface area contributed by atoms with Gasteiger partial charge in [-0.25, -0.2) is 0 Å². The second kappa shape index (κ2) is 4.76. The van der Waals surface area contributed by atoms with E-state index < -0.39 is 0 Å². The van der Waals surface area contributed by atoms with Gasteiger partial charge in [0.25, 0.3) is 0 Å². The summed E-state index contributed by atoms with van der Waals surface area (Å²) in [6, 6.07) is 4.15. The van der Waals surface area contributed by atoms with Gasteiger partial charge in [0, 0.05) is 5.92 Å². The normalized spacial score (nSPS) is 20.8. The minimum Gasteiger partial charge on any atom is -0.493 e. The van der Waals surface area contributed by atoms with Gasteiger partial charge >= 0.3 is 0 Å². The number of hydrogen-bond acceptors (Lipinski definition) is 3. The highest BCUT2D eigenvalue weighted by Crippen LogP contribution is 2.40. The Balaban J connectivity index is 1.84. The number of aryl methyl sites for hydroxylation is 1. The highest BCUT2D eigenvalue weighted by atomic mass is 16.5. The largest absolute Gasteiger partial charge is 0.493 e. The Morgan fingerprint density at radius 2 is 1.84 bits per heavy atom. The van der Waals surface area contributed by atoms with E-state index in [9.17, 15) is 4.79 Å². The molecule has 4 nitrogen and oxygen atoms in total. The van der Waals surface area contributed by atoms with Crippen molar-refractivity contribution in [1.29, 1.82) is 0 Å². The molecule has 1 aromatic rings. The monoisotopic (exact) mass is 261 g/mol. The van der Waals surface area contributed by atoms with Crippen LogP contribution in [0.4, 0.5) is 0 Å². The van der Waals surface area contributed by atoms with Crippen LogP contribution in [0.25, 0.3) is 0 Å². The first-order chi connectivity index (χ1) is 9.22. The van der Waals surface area contributed by atoms with Crippen molar-refractivity contribution in [2.45, 2.75) is 31.7 Å². The lowest BCUT2D eigenvalue weighted by atomic mass is 10.1. The summed E-state index contributed by atoms with van der Waals surface area (Å²) >= 11 is 0. The molecule has 3 rings (SSSR count). The quantitative estimate of drug-likeness (QED) is 0.904. The van der Waals surface area contributed by atoms with Crippen LogP contribution in [0.5, 0.6) is 11.5 Å². The number of fused-ring (bicyclic) bond motifs is 1. The number of hydrogen-bond donors (Lipinski definition) is 1. The predicted molar refractivity (Wildman–Crippen MR) is 71.5 cm³/mol. The fourth-order valence-electron chi connectivity index (χ4n) is 2.72. The van der Waals surface area contributed by atoms with Crippen molar-refractivity contribution in [2.75, 3.05) is 14.2 Å². The Bertz CT molecular complexity index is 508. The van der Waals surface area contributed by atoms with Crippen molar-refractivity contribution in [3.05, 3.63) is 23.3 Å². The van der Waals surface area contributed by atoms with Gasteiger partial charge in [0.1, 0.15) is 0 Å². The SMILES string of the molecule is COc1cc2c(cc1OC)C(NC(=O)C1CC1)CC2. The lowest BCUT2D eigenvalue weighted by molar-refractivity contribution is -0.123. The van der Waals surface area contributed by atoms with Crippen molar-refractivity contribution in [3.63, 3.8) is 0 Å². The zero-order valence-electron chi connectivity index (χ0n) is 11.4. The van der Waals surface area contributed by atoms with E-state index in [1.54, 1.807) is 14.2 Å². The number of ether oxygens (including phenoxy) is 2. The second-order valence-electron chi connectivity index (χ2n) is 5.28. The number of methoxy groups -OCH3 is 2. The predicted octanol–water partition coefficient (Wildman–Crippen LogP) is 2.22. The molecule has 0 spiro atoms. The number of carbonyl (C=O) groups excluding carboxylic acids is 1. The molecule has 0 bridgehead atoms. The molecule has 1 saturated carbocycles. The van der Waals surface area contributed by atoms with E-state index in [-0.39, 0.29) is 17.9 Å². The molecule has 0 aromatic heterocycles. The summed E-state index contributed by atoms with van der Waals surface area (Å²) in [5, 5.41) is 3.15. The van der Waals surface area contributed by atoms with E-state index in [1.165, 1.54) is 11.1 Å². The first-order valence-corrected chi connectivity index (χ1v) is 6.78. The third-order valence-electron chi connectivity index (χ3n) is 3.99. The van der Waals surface area contributed by atoms with Crippen LogP contribution in [0, 0.1) is 5.92 Å². The van der Waals surface area contributed by atoms with Gasteiger partial charge in [-0.1, -0.05) is 0 Å². The van der Waals surface area contributed by atoms with E-state index in [1.807, 2.05) is 12.1 Å². The number of rotatable bonds is 4. The van der Waals surface area contributed by atoms with E-state index in [0.717, 1.165) is 37.2 Å². The summed E-state index contributed by atoms with van der Waals surface area (Å²) < 4.78 is 10.7. The van der Waals surface area contributed by atoms with Crippen molar-refractivity contribution >= 4 is 5.91 Å². The maximum atomic E-state index is 11.9. The fourth-order valence-corrected chi connectivity index (χ4v) is 2.72. The molecule has 0 radical (unpaired) electrons. The standard InChI is InChI=1S/C15H19NO3/c1-18-13-7-10-5-6-12(11(10)8-14(13)19-2)16-15(17)9-3-4-9/h7-9,12H,3-6H2,1-2H3,(H,16,17). The van der Waals surface area contributed by atoms with Crippen LogP contribution in [0.3, 0.4) is 0 Å². The summed E-state index contributed by atoms with van der Waals surface area (Å²) in [5.74, 6) is 1.95. The highest BCUT2D eigenvalue weighted by molar-refractivity contribution is 5.81. The lowest BCUT2D eigenvalue weighted by Crippen LogP contribution is -2.28. The Hall–Kier alpha value is -1.71. The smallest absolute Gasteiger partial charge is 0.223 e. The van der Waals surface area contributed by atoms with Crippen molar-refractivity contribution < 1.29 is 14.3 Å². The van der Waals surface area contributed by atoms with Crippen LogP contribution in [-0.4, -0.2) is 20.1 Å². The van der Waals surface area contributed by atoms with Crippen LogP contribution in [0.1, 0.15) is 36.4 Å². The number of carbonyl (C=O) groups is 1. The molecule has 0 heterocycles. The Labute approximate surface area is 113 Å². The molecule has 1 fully saturated rings. The lowest BCUT2D eigenvalue weighted by Gasteiger charge is -2.16. The van der Waals surface area contributed by atoms with Gasteiger partial charge in [-0.15, -0.1) is 0 Å². The van der Waals surface area contributed by atoms with E-state index in [2.05, 4.69) is 5.32 Å². The molecule has 0 aliphatic heterocycles. The molecular weight excluding hydrogens is 242 g/mol. The second-order valence-corrected chi connectivity index (χ2v) is 5.28. The van der Waals surface area contributed by atoms with E-state index in [0.29, 0.717) is 0 Å². The Morgan fingerprint density at radius 1 is 1.16 bits per heavy atom. The summed E-state index contributed by atoms with van der Waals surface area (Å²) in [6.45, 7) is 0. The Kier molecular flexibility index (Phi) is 3.09. The molecule has 0 saturated heterocycles. The van der Waals surface area contributed by atoms with Gasteiger partial charge in [-0.2, -0.15) is 0 Å². The molecule has 2 aliphatic carbocycles.